The number of amides is 1. The van der Waals surface area contributed by atoms with E-state index in [1.54, 1.807) is 12.3 Å². The molecule has 3 aromatic rings. The van der Waals surface area contributed by atoms with Gasteiger partial charge in [-0.05, 0) is 24.3 Å². The second kappa shape index (κ2) is 7.99. The average molecular weight is 358 g/mol. The van der Waals surface area contributed by atoms with E-state index in [1.807, 2.05) is 34.9 Å². The normalized spacial score (nSPS) is 11.0. The smallest absolute Gasteiger partial charge is 0.266 e. The first kappa shape index (κ1) is 17.9. The molecule has 1 heterocycles. The molecule has 3 rings (SSSR count). The maximum Gasteiger partial charge on any atom is 0.266 e. The lowest BCUT2D eigenvalue weighted by Crippen LogP contribution is -2.14. The summed E-state index contributed by atoms with van der Waals surface area (Å²) in [7, 11) is 0. The second-order valence-corrected chi connectivity index (χ2v) is 5.81. The SMILES string of the molecule is N#CCCn1cc(/C=C(\C#N)C(=O)Nc2ccccc2F)c2ccccc21. The van der Waals surface area contributed by atoms with Crippen molar-refractivity contribution in [3.05, 3.63) is 71.7 Å². The monoisotopic (exact) mass is 358 g/mol. The van der Waals surface area contributed by atoms with Crippen LogP contribution in [0, 0.1) is 28.5 Å². The van der Waals surface area contributed by atoms with Crippen LogP contribution in [0.4, 0.5) is 10.1 Å². The summed E-state index contributed by atoms with van der Waals surface area (Å²) in [6.07, 6.45) is 3.62. The highest BCUT2D eigenvalue weighted by atomic mass is 19.1. The highest BCUT2D eigenvalue weighted by Crippen LogP contribution is 2.24. The summed E-state index contributed by atoms with van der Waals surface area (Å²) in [4.78, 5) is 12.4. The minimum Gasteiger partial charge on any atom is -0.346 e. The molecular formula is C21H15FN4O. The summed E-state index contributed by atoms with van der Waals surface area (Å²) in [5, 5.41) is 21.5. The van der Waals surface area contributed by atoms with Crippen molar-refractivity contribution in [2.45, 2.75) is 13.0 Å². The van der Waals surface area contributed by atoms with Crippen LogP contribution in [0.5, 0.6) is 0 Å². The third kappa shape index (κ3) is 3.86. The Balaban J connectivity index is 1.96. The van der Waals surface area contributed by atoms with Gasteiger partial charge in [0.05, 0.1) is 18.2 Å². The average Bonchev–Trinajstić information content (AvgIpc) is 3.04. The summed E-state index contributed by atoms with van der Waals surface area (Å²) < 4.78 is 15.6. The van der Waals surface area contributed by atoms with Crippen molar-refractivity contribution >= 4 is 28.6 Å². The predicted molar refractivity (Wildman–Crippen MR) is 101 cm³/mol. The lowest BCUT2D eigenvalue weighted by Gasteiger charge is -2.05. The number of hydrogen-bond donors (Lipinski definition) is 1. The minimum atomic E-state index is -0.684. The molecular weight excluding hydrogens is 343 g/mol. The Morgan fingerprint density at radius 2 is 1.89 bits per heavy atom. The number of nitriles is 2. The quantitative estimate of drug-likeness (QED) is 0.547. The molecule has 0 fully saturated rings. The first-order valence-electron chi connectivity index (χ1n) is 8.26. The zero-order chi connectivity index (χ0) is 19.2. The molecule has 1 amide bonds. The summed E-state index contributed by atoms with van der Waals surface area (Å²) in [6.45, 7) is 0.508. The van der Waals surface area contributed by atoms with Crippen LogP contribution in [0.1, 0.15) is 12.0 Å². The van der Waals surface area contributed by atoms with Gasteiger partial charge in [0, 0.05) is 29.2 Å². The van der Waals surface area contributed by atoms with Crippen LogP contribution in [-0.2, 0) is 11.3 Å². The van der Waals surface area contributed by atoms with Crippen molar-refractivity contribution in [2.24, 2.45) is 0 Å². The molecule has 0 bridgehead atoms. The molecule has 0 saturated carbocycles. The largest absolute Gasteiger partial charge is 0.346 e. The van der Waals surface area contributed by atoms with E-state index in [4.69, 9.17) is 5.26 Å². The number of nitrogens with zero attached hydrogens (tertiary/aromatic N) is 3. The van der Waals surface area contributed by atoms with Gasteiger partial charge in [-0.2, -0.15) is 10.5 Å². The second-order valence-electron chi connectivity index (χ2n) is 5.81. The fourth-order valence-corrected chi connectivity index (χ4v) is 2.80. The lowest BCUT2D eigenvalue weighted by molar-refractivity contribution is -0.112. The number of hydrogen-bond acceptors (Lipinski definition) is 3. The standard InChI is InChI=1S/C21H15FN4O/c22-18-7-2-3-8-19(18)25-21(27)15(13-24)12-16-14-26(11-5-10-23)20-9-4-1-6-17(16)20/h1-4,6-9,12,14H,5,11H2,(H,25,27)/b15-12+. The molecule has 1 aromatic heterocycles. The number of nitrogens with one attached hydrogen (secondary N) is 1. The van der Waals surface area contributed by atoms with E-state index in [0.29, 0.717) is 18.5 Å². The number of benzene rings is 2. The van der Waals surface area contributed by atoms with Crippen LogP contribution in [0.25, 0.3) is 17.0 Å². The molecule has 0 atom stereocenters. The van der Waals surface area contributed by atoms with Gasteiger partial charge in [0.15, 0.2) is 0 Å². The van der Waals surface area contributed by atoms with E-state index in [0.717, 1.165) is 10.9 Å². The van der Waals surface area contributed by atoms with E-state index < -0.39 is 11.7 Å². The minimum absolute atomic E-state index is 0.0140. The molecule has 0 aliphatic heterocycles. The van der Waals surface area contributed by atoms with Gasteiger partial charge >= 0.3 is 0 Å². The van der Waals surface area contributed by atoms with E-state index in [2.05, 4.69) is 11.4 Å². The fourth-order valence-electron chi connectivity index (χ4n) is 2.80. The van der Waals surface area contributed by atoms with Crippen LogP contribution in [0.15, 0.2) is 60.3 Å². The maximum atomic E-state index is 13.7. The summed E-state index contributed by atoms with van der Waals surface area (Å²) in [5.74, 6) is -1.26. The zero-order valence-electron chi connectivity index (χ0n) is 14.3. The van der Waals surface area contributed by atoms with Crippen LogP contribution < -0.4 is 5.32 Å². The van der Waals surface area contributed by atoms with Crippen molar-refractivity contribution < 1.29 is 9.18 Å². The molecule has 5 nitrogen and oxygen atoms in total. The Labute approximate surface area is 155 Å². The van der Waals surface area contributed by atoms with Crippen molar-refractivity contribution in [2.75, 3.05) is 5.32 Å². The van der Waals surface area contributed by atoms with Crippen LogP contribution in [0.2, 0.25) is 0 Å². The van der Waals surface area contributed by atoms with E-state index in [-0.39, 0.29) is 11.3 Å². The molecule has 6 heteroatoms. The van der Waals surface area contributed by atoms with Crippen LogP contribution >= 0.6 is 0 Å². The van der Waals surface area contributed by atoms with Gasteiger partial charge in [-0.3, -0.25) is 4.79 Å². The van der Waals surface area contributed by atoms with Crippen molar-refractivity contribution in [1.82, 2.24) is 4.57 Å². The number of carbonyl (C=O) groups excluding carboxylic acids is 1. The van der Waals surface area contributed by atoms with Gasteiger partial charge in [-0.1, -0.05) is 30.3 Å². The number of fused-ring (bicyclic) bond motifs is 1. The number of halogens is 1. The predicted octanol–water partition coefficient (Wildman–Crippen LogP) is 4.24. The highest BCUT2D eigenvalue weighted by molar-refractivity contribution is 6.10. The summed E-state index contributed by atoms with van der Waals surface area (Å²) in [5.41, 5.74) is 1.47. The molecule has 0 radical (unpaired) electrons. The molecule has 2 aromatic carbocycles. The Morgan fingerprint density at radius 1 is 1.15 bits per heavy atom. The molecule has 0 aliphatic carbocycles. The highest BCUT2D eigenvalue weighted by Gasteiger charge is 2.14. The number of para-hydroxylation sites is 2. The third-order valence-corrected chi connectivity index (χ3v) is 4.07. The van der Waals surface area contributed by atoms with Crippen molar-refractivity contribution in [3.8, 4) is 12.1 Å². The number of aryl methyl sites for hydroxylation is 1. The van der Waals surface area contributed by atoms with Crippen molar-refractivity contribution in [1.29, 1.82) is 10.5 Å². The van der Waals surface area contributed by atoms with Gasteiger partial charge < -0.3 is 9.88 Å². The zero-order valence-corrected chi connectivity index (χ0v) is 14.3. The number of anilines is 1. The van der Waals surface area contributed by atoms with Gasteiger partial charge in [0.25, 0.3) is 5.91 Å². The molecule has 0 spiro atoms. The van der Waals surface area contributed by atoms with E-state index >= 15 is 0 Å². The first-order chi connectivity index (χ1) is 13.1. The Morgan fingerprint density at radius 3 is 2.63 bits per heavy atom. The summed E-state index contributed by atoms with van der Waals surface area (Å²) >= 11 is 0. The fraction of sp³-hybridized carbons (Fsp3) is 0.0952. The van der Waals surface area contributed by atoms with Crippen LogP contribution in [0.3, 0.4) is 0 Å². The van der Waals surface area contributed by atoms with Gasteiger partial charge in [-0.15, -0.1) is 0 Å². The van der Waals surface area contributed by atoms with E-state index in [1.165, 1.54) is 24.3 Å². The van der Waals surface area contributed by atoms with Gasteiger partial charge in [0.2, 0.25) is 0 Å². The lowest BCUT2D eigenvalue weighted by atomic mass is 10.1. The molecule has 0 unspecified atom stereocenters. The Hall–Kier alpha value is -3.90. The number of carbonyl (C=O) groups is 1. The van der Waals surface area contributed by atoms with E-state index in [9.17, 15) is 14.4 Å². The maximum absolute atomic E-state index is 13.7. The first-order valence-corrected chi connectivity index (χ1v) is 8.26. The van der Waals surface area contributed by atoms with Gasteiger partial charge in [0.1, 0.15) is 17.5 Å². The molecule has 0 saturated heterocycles. The molecule has 132 valence electrons. The van der Waals surface area contributed by atoms with Gasteiger partial charge in [-0.25, -0.2) is 4.39 Å². The van der Waals surface area contributed by atoms with Crippen molar-refractivity contribution in [3.63, 3.8) is 0 Å². The summed E-state index contributed by atoms with van der Waals surface area (Å²) in [6, 6.07) is 17.3. The Kier molecular flexibility index (Phi) is 5.30. The molecule has 27 heavy (non-hydrogen) atoms. The number of aromatic nitrogens is 1. The number of rotatable bonds is 5. The molecule has 1 N–H and O–H groups in total. The third-order valence-electron chi connectivity index (χ3n) is 4.07. The topological polar surface area (TPSA) is 81.6 Å². The molecule has 0 aliphatic rings. The van der Waals surface area contributed by atoms with Crippen LogP contribution in [-0.4, -0.2) is 10.5 Å². The Bertz CT molecular complexity index is 1120.